The van der Waals surface area contributed by atoms with Crippen LogP contribution in [0.15, 0.2) is 36.4 Å². The smallest absolute Gasteiger partial charge is 0.294 e. The Bertz CT molecular complexity index is 1140. The van der Waals surface area contributed by atoms with Crippen molar-refractivity contribution < 1.29 is 22.8 Å². The molecule has 3 rings (SSSR count). The molecule has 0 spiro atoms. The number of rotatable bonds is 7. The lowest BCUT2D eigenvalue weighted by molar-refractivity contribution is -0.172. The maximum Gasteiger partial charge on any atom is 0.411 e. The summed E-state index contributed by atoms with van der Waals surface area (Å²) < 4.78 is 42.4. The maximum atomic E-state index is 14.1. The van der Waals surface area contributed by atoms with Gasteiger partial charge in [0.1, 0.15) is 0 Å². The summed E-state index contributed by atoms with van der Waals surface area (Å²) in [5, 5.41) is 9.44. The SMILES string of the molecule is Cc1cc(C(=O)C[C@](C#N)(c2cc(Cl)cc(Cl)c2)C(F)(F)F)ccc1C(=O)CC1(C)CSC1. The molecule has 174 valence electrons. The van der Waals surface area contributed by atoms with Crippen molar-refractivity contribution in [2.75, 3.05) is 11.5 Å². The van der Waals surface area contributed by atoms with Crippen molar-refractivity contribution in [3.8, 4) is 6.07 Å². The first-order valence-corrected chi connectivity index (χ1v) is 11.9. The van der Waals surface area contributed by atoms with E-state index in [4.69, 9.17) is 23.2 Å². The van der Waals surface area contributed by atoms with Gasteiger partial charge in [0.25, 0.3) is 0 Å². The van der Waals surface area contributed by atoms with Gasteiger partial charge in [-0.2, -0.15) is 30.2 Å². The maximum absolute atomic E-state index is 14.1. The molecule has 3 nitrogen and oxygen atoms in total. The van der Waals surface area contributed by atoms with Crippen molar-refractivity contribution >= 4 is 46.5 Å². The highest BCUT2D eigenvalue weighted by Gasteiger charge is 2.58. The predicted octanol–water partition coefficient (Wildman–Crippen LogP) is 7.22. The minimum absolute atomic E-state index is 0.00791. The number of nitriles is 1. The Morgan fingerprint density at radius 2 is 1.70 bits per heavy atom. The lowest BCUT2D eigenvalue weighted by Gasteiger charge is -2.37. The van der Waals surface area contributed by atoms with Crippen molar-refractivity contribution in [1.82, 2.24) is 0 Å². The average molecular weight is 514 g/mol. The summed E-state index contributed by atoms with van der Waals surface area (Å²) in [7, 11) is 0. The number of carbonyl (C=O) groups excluding carboxylic acids is 2. The van der Waals surface area contributed by atoms with Gasteiger partial charge in [-0.1, -0.05) is 42.3 Å². The summed E-state index contributed by atoms with van der Waals surface area (Å²) in [5.41, 5.74) is -2.75. The number of ketones is 2. The lowest BCUT2D eigenvalue weighted by Crippen LogP contribution is -2.43. The Morgan fingerprint density at radius 3 is 2.15 bits per heavy atom. The van der Waals surface area contributed by atoms with E-state index in [1.165, 1.54) is 30.3 Å². The Kier molecular flexibility index (Phi) is 7.24. The van der Waals surface area contributed by atoms with E-state index in [0.29, 0.717) is 17.5 Å². The summed E-state index contributed by atoms with van der Waals surface area (Å²) in [6, 6.07) is 8.72. The largest absolute Gasteiger partial charge is 0.411 e. The number of thioether (sulfide) groups is 1. The Morgan fingerprint density at radius 1 is 1.09 bits per heavy atom. The van der Waals surface area contributed by atoms with Crippen LogP contribution in [-0.4, -0.2) is 29.2 Å². The molecular formula is C24H20Cl2F3NO2S. The average Bonchev–Trinajstić information content (AvgIpc) is 2.68. The first-order chi connectivity index (χ1) is 15.3. The van der Waals surface area contributed by atoms with Crippen LogP contribution >= 0.6 is 35.0 Å². The normalized spacial score (nSPS) is 16.9. The number of benzene rings is 2. The van der Waals surface area contributed by atoms with Crippen LogP contribution in [0.3, 0.4) is 0 Å². The van der Waals surface area contributed by atoms with Crippen LogP contribution in [-0.2, 0) is 5.41 Å². The first kappa shape index (κ1) is 25.6. The van der Waals surface area contributed by atoms with Gasteiger partial charge in [-0.3, -0.25) is 9.59 Å². The van der Waals surface area contributed by atoms with E-state index in [9.17, 15) is 28.0 Å². The van der Waals surface area contributed by atoms with Gasteiger partial charge in [-0.25, -0.2) is 0 Å². The highest BCUT2D eigenvalue weighted by Crippen LogP contribution is 2.46. The van der Waals surface area contributed by atoms with E-state index in [1.54, 1.807) is 18.7 Å². The van der Waals surface area contributed by atoms with Crippen LogP contribution < -0.4 is 0 Å². The molecule has 1 aliphatic rings. The van der Waals surface area contributed by atoms with Gasteiger partial charge in [0.2, 0.25) is 0 Å². The minimum atomic E-state index is -5.06. The summed E-state index contributed by atoms with van der Waals surface area (Å²) in [4.78, 5) is 25.6. The van der Waals surface area contributed by atoms with Gasteiger partial charge in [0, 0.05) is 34.0 Å². The number of aryl methyl sites for hydroxylation is 1. The molecule has 1 aliphatic heterocycles. The number of carbonyl (C=O) groups is 2. The molecule has 2 aromatic rings. The third kappa shape index (κ3) is 5.24. The molecule has 0 radical (unpaired) electrons. The highest BCUT2D eigenvalue weighted by atomic mass is 35.5. The molecule has 0 aliphatic carbocycles. The fourth-order valence-corrected chi connectivity index (χ4v) is 5.49. The highest BCUT2D eigenvalue weighted by molar-refractivity contribution is 8.00. The molecule has 2 aromatic carbocycles. The third-order valence-corrected chi connectivity index (χ3v) is 8.03. The number of hydrogen-bond acceptors (Lipinski definition) is 4. The zero-order valence-electron chi connectivity index (χ0n) is 17.9. The number of Topliss-reactive ketones (excluding diaryl/α,β-unsaturated/α-hetero) is 2. The van der Waals surface area contributed by atoms with Crippen LogP contribution in [0.1, 0.15) is 51.6 Å². The summed E-state index contributed by atoms with van der Waals surface area (Å²) in [6.07, 6.45) is -5.84. The van der Waals surface area contributed by atoms with Crippen LogP contribution in [0.4, 0.5) is 13.2 Å². The minimum Gasteiger partial charge on any atom is -0.294 e. The molecule has 9 heteroatoms. The molecular weight excluding hydrogens is 494 g/mol. The number of alkyl halides is 3. The van der Waals surface area contributed by atoms with Crippen molar-refractivity contribution in [3.63, 3.8) is 0 Å². The van der Waals surface area contributed by atoms with Gasteiger partial charge >= 0.3 is 6.18 Å². The van der Waals surface area contributed by atoms with Crippen molar-refractivity contribution in [2.45, 2.75) is 38.3 Å². The molecule has 0 unspecified atom stereocenters. The Hall–Kier alpha value is -2.01. The van der Waals surface area contributed by atoms with E-state index in [2.05, 4.69) is 0 Å². The Balaban J connectivity index is 1.92. The van der Waals surface area contributed by atoms with E-state index < -0.39 is 29.4 Å². The number of nitrogens with zero attached hydrogens (tertiary/aromatic N) is 1. The molecule has 1 atom stereocenters. The monoisotopic (exact) mass is 513 g/mol. The summed E-state index contributed by atoms with van der Waals surface area (Å²) >= 11 is 13.5. The molecule has 1 heterocycles. The van der Waals surface area contributed by atoms with Crippen LogP contribution in [0.25, 0.3) is 0 Å². The number of hydrogen-bond donors (Lipinski definition) is 0. The van der Waals surface area contributed by atoms with Gasteiger partial charge in [-0.15, -0.1) is 0 Å². The molecule has 0 aromatic heterocycles. The molecule has 33 heavy (non-hydrogen) atoms. The molecule has 1 fully saturated rings. The quantitative estimate of drug-likeness (QED) is 0.366. The van der Waals surface area contributed by atoms with Gasteiger partial charge in [-0.05, 0) is 59.2 Å². The van der Waals surface area contributed by atoms with Crippen molar-refractivity contribution in [2.24, 2.45) is 5.41 Å². The molecule has 1 saturated heterocycles. The second-order valence-corrected chi connectivity index (χ2v) is 10.6. The third-order valence-electron chi connectivity index (χ3n) is 5.79. The first-order valence-electron chi connectivity index (χ1n) is 10.00. The lowest BCUT2D eigenvalue weighted by atomic mass is 9.75. The predicted molar refractivity (Wildman–Crippen MR) is 124 cm³/mol. The zero-order valence-corrected chi connectivity index (χ0v) is 20.2. The molecule has 0 bridgehead atoms. The zero-order chi connectivity index (χ0) is 24.6. The Labute approximate surface area is 204 Å². The second-order valence-electron chi connectivity index (χ2n) is 8.71. The second kappa shape index (κ2) is 9.32. The van der Waals surface area contributed by atoms with Gasteiger partial charge < -0.3 is 0 Å². The van der Waals surface area contributed by atoms with E-state index >= 15 is 0 Å². The number of halogens is 5. The van der Waals surface area contributed by atoms with Crippen LogP contribution in [0, 0.1) is 23.7 Å². The van der Waals surface area contributed by atoms with Crippen molar-refractivity contribution in [1.29, 1.82) is 5.26 Å². The standard InChI is InChI=1S/C24H20Cl2F3NO2S/c1-14-5-15(3-4-19(14)21(32)9-22(2)12-33-13-22)20(31)10-23(11-30,24(27,28)29)16-6-17(25)8-18(26)7-16/h3-8H,9-10,12-13H2,1-2H3/t23-/m0/s1. The van der Waals surface area contributed by atoms with Gasteiger partial charge in [0.15, 0.2) is 17.0 Å². The van der Waals surface area contributed by atoms with E-state index in [-0.39, 0.29) is 26.8 Å². The van der Waals surface area contributed by atoms with Crippen LogP contribution in [0.5, 0.6) is 0 Å². The molecule has 0 N–H and O–H groups in total. The topological polar surface area (TPSA) is 57.9 Å². The van der Waals surface area contributed by atoms with Crippen LogP contribution in [0.2, 0.25) is 10.0 Å². The van der Waals surface area contributed by atoms with E-state index in [1.807, 2.05) is 6.92 Å². The fourth-order valence-electron chi connectivity index (χ4n) is 3.86. The van der Waals surface area contributed by atoms with E-state index in [0.717, 1.165) is 23.6 Å². The summed E-state index contributed by atoms with van der Waals surface area (Å²) in [6.45, 7) is 3.68. The van der Waals surface area contributed by atoms with Crippen molar-refractivity contribution in [3.05, 3.63) is 68.7 Å². The molecule has 0 saturated carbocycles. The summed E-state index contributed by atoms with van der Waals surface area (Å²) in [5.74, 6) is 0.851. The molecule has 0 amide bonds. The van der Waals surface area contributed by atoms with Gasteiger partial charge in [0.05, 0.1) is 6.07 Å². The fraction of sp³-hybridized carbons (Fsp3) is 0.375.